The summed E-state index contributed by atoms with van der Waals surface area (Å²) >= 11 is 2.94. The zero-order valence-electron chi connectivity index (χ0n) is 10.4. The number of nitrogens with one attached hydrogen (secondary N) is 1. The van der Waals surface area contributed by atoms with Crippen LogP contribution in [0.5, 0.6) is 0 Å². The Hall–Kier alpha value is -1.44. The summed E-state index contributed by atoms with van der Waals surface area (Å²) in [5.74, 6) is 0.576. The summed E-state index contributed by atoms with van der Waals surface area (Å²) < 4.78 is 0.823. The highest BCUT2D eigenvalue weighted by atomic mass is 32.2. The van der Waals surface area contributed by atoms with E-state index in [1.54, 1.807) is 18.7 Å². The normalized spacial score (nSPS) is 12.1. The molecule has 1 heterocycles. The lowest BCUT2D eigenvalue weighted by Crippen LogP contribution is -2.32. The van der Waals surface area contributed by atoms with Crippen molar-refractivity contribution >= 4 is 34.1 Å². The first-order chi connectivity index (χ1) is 9.15. The lowest BCUT2D eigenvalue weighted by Gasteiger charge is -2.02. The van der Waals surface area contributed by atoms with Crippen LogP contribution in [0.1, 0.15) is 12.5 Å². The van der Waals surface area contributed by atoms with Crippen LogP contribution in [0.3, 0.4) is 0 Å². The number of nitrogens with two attached hydrogens (primary N) is 1. The van der Waals surface area contributed by atoms with Crippen LogP contribution >= 0.6 is 23.1 Å². The van der Waals surface area contributed by atoms with E-state index in [9.17, 15) is 4.79 Å². The number of aromatic nitrogens is 2. The number of benzene rings is 1. The molecular formula is C12H14N4OS2. The van der Waals surface area contributed by atoms with E-state index in [1.807, 2.05) is 18.2 Å². The van der Waals surface area contributed by atoms with Gasteiger partial charge < -0.3 is 5.73 Å². The number of hydrogen-bond donors (Lipinski definition) is 2. The average Bonchev–Trinajstić information content (AvgIpc) is 2.85. The van der Waals surface area contributed by atoms with Gasteiger partial charge in [-0.2, -0.15) is 0 Å². The Morgan fingerprint density at radius 1 is 1.42 bits per heavy atom. The molecule has 3 N–H and O–H groups in total. The molecule has 1 aromatic heterocycles. The van der Waals surface area contributed by atoms with E-state index in [0.717, 1.165) is 10.1 Å². The monoisotopic (exact) mass is 294 g/mol. The van der Waals surface area contributed by atoms with Crippen molar-refractivity contribution in [3.05, 3.63) is 35.9 Å². The fourth-order valence-electron chi connectivity index (χ4n) is 1.26. The fourth-order valence-corrected chi connectivity index (χ4v) is 2.97. The number of carbonyl (C=O) groups is 1. The van der Waals surface area contributed by atoms with Gasteiger partial charge in [0.05, 0.1) is 6.04 Å². The zero-order chi connectivity index (χ0) is 13.7. The Balaban J connectivity index is 1.89. The number of rotatable bonds is 5. The van der Waals surface area contributed by atoms with Crippen molar-refractivity contribution in [2.45, 2.75) is 23.1 Å². The molecule has 1 atom stereocenters. The van der Waals surface area contributed by atoms with Gasteiger partial charge in [-0.15, -0.1) is 10.2 Å². The van der Waals surface area contributed by atoms with Gasteiger partial charge in [0.2, 0.25) is 11.0 Å². The Morgan fingerprint density at radius 3 is 2.84 bits per heavy atom. The largest absolute Gasteiger partial charge is 0.320 e. The van der Waals surface area contributed by atoms with Gasteiger partial charge in [0, 0.05) is 5.75 Å². The molecule has 0 bridgehead atoms. The molecule has 0 spiro atoms. The van der Waals surface area contributed by atoms with Crippen LogP contribution in [0.2, 0.25) is 0 Å². The molecule has 5 nitrogen and oxygen atoms in total. The highest BCUT2D eigenvalue weighted by Gasteiger charge is 2.11. The van der Waals surface area contributed by atoms with E-state index in [2.05, 4.69) is 27.6 Å². The Morgan fingerprint density at radius 2 is 2.16 bits per heavy atom. The van der Waals surface area contributed by atoms with Gasteiger partial charge in [-0.05, 0) is 12.5 Å². The summed E-state index contributed by atoms with van der Waals surface area (Å²) in [5, 5.41) is 11.0. The van der Waals surface area contributed by atoms with E-state index in [1.165, 1.54) is 16.9 Å². The van der Waals surface area contributed by atoms with Crippen LogP contribution in [-0.4, -0.2) is 22.1 Å². The third kappa shape index (κ3) is 4.30. The van der Waals surface area contributed by atoms with Crippen LogP contribution in [0.4, 0.5) is 5.13 Å². The highest BCUT2D eigenvalue weighted by molar-refractivity contribution is 8.00. The summed E-state index contributed by atoms with van der Waals surface area (Å²) in [4.78, 5) is 11.4. The Kier molecular flexibility index (Phi) is 4.89. The van der Waals surface area contributed by atoms with Crippen LogP contribution < -0.4 is 11.1 Å². The molecule has 19 heavy (non-hydrogen) atoms. The van der Waals surface area contributed by atoms with Crippen molar-refractivity contribution in [2.24, 2.45) is 5.73 Å². The van der Waals surface area contributed by atoms with Gasteiger partial charge in [0.1, 0.15) is 0 Å². The molecule has 1 aromatic carbocycles. The quantitative estimate of drug-likeness (QED) is 0.652. The summed E-state index contributed by atoms with van der Waals surface area (Å²) in [6.45, 7) is 1.63. The van der Waals surface area contributed by atoms with Crippen LogP contribution in [0, 0.1) is 0 Å². The van der Waals surface area contributed by atoms with Gasteiger partial charge in [-0.25, -0.2) is 0 Å². The minimum absolute atomic E-state index is 0.254. The van der Waals surface area contributed by atoms with E-state index in [-0.39, 0.29) is 5.91 Å². The maximum Gasteiger partial charge on any atom is 0.242 e. The zero-order valence-corrected chi connectivity index (χ0v) is 12.0. The number of anilines is 1. The highest BCUT2D eigenvalue weighted by Crippen LogP contribution is 2.28. The van der Waals surface area contributed by atoms with Crippen molar-refractivity contribution in [3.8, 4) is 0 Å². The minimum Gasteiger partial charge on any atom is -0.320 e. The molecule has 7 heteroatoms. The topological polar surface area (TPSA) is 80.9 Å². The third-order valence-corrected chi connectivity index (χ3v) is 4.30. The minimum atomic E-state index is -0.552. The van der Waals surface area contributed by atoms with E-state index < -0.39 is 6.04 Å². The molecule has 1 amide bonds. The Labute approximate surface area is 119 Å². The predicted molar refractivity (Wildman–Crippen MR) is 78.2 cm³/mol. The summed E-state index contributed by atoms with van der Waals surface area (Å²) in [6, 6.07) is 9.57. The lowest BCUT2D eigenvalue weighted by molar-refractivity contribution is -0.117. The third-order valence-electron chi connectivity index (χ3n) is 2.26. The first kappa shape index (κ1) is 14.0. The number of thioether (sulfide) groups is 1. The second kappa shape index (κ2) is 6.65. The molecule has 2 rings (SSSR count). The van der Waals surface area contributed by atoms with Gasteiger partial charge in [-0.1, -0.05) is 53.4 Å². The maximum atomic E-state index is 11.4. The molecule has 100 valence electrons. The standard InChI is InChI=1S/C12H14N4OS2/c1-8(13)10(17)14-11-15-16-12(19-11)18-7-9-5-3-2-4-6-9/h2-6,8H,7,13H2,1H3,(H,14,15,17)/t8-/m0/s1. The van der Waals surface area contributed by atoms with Gasteiger partial charge in [0.15, 0.2) is 4.34 Å². The molecular weight excluding hydrogens is 280 g/mol. The first-order valence-corrected chi connectivity index (χ1v) is 7.52. The van der Waals surface area contributed by atoms with E-state index >= 15 is 0 Å². The maximum absolute atomic E-state index is 11.4. The molecule has 0 aliphatic carbocycles. The smallest absolute Gasteiger partial charge is 0.242 e. The lowest BCUT2D eigenvalue weighted by atomic mass is 10.2. The Bertz CT molecular complexity index is 542. The average molecular weight is 294 g/mol. The van der Waals surface area contributed by atoms with Gasteiger partial charge in [-0.3, -0.25) is 10.1 Å². The predicted octanol–water partition coefficient (Wildman–Crippen LogP) is 2.12. The van der Waals surface area contributed by atoms with Crippen molar-refractivity contribution in [2.75, 3.05) is 5.32 Å². The molecule has 0 fully saturated rings. The number of hydrogen-bond acceptors (Lipinski definition) is 6. The summed E-state index contributed by atoms with van der Waals surface area (Å²) in [5.41, 5.74) is 6.69. The van der Waals surface area contributed by atoms with Gasteiger partial charge in [0.25, 0.3) is 0 Å². The molecule has 0 aliphatic heterocycles. The molecule has 0 saturated carbocycles. The van der Waals surface area contributed by atoms with Crippen LogP contribution in [0.15, 0.2) is 34.7 Å². The second-order valence-electron chi connectivity index (χ2n) is 3.93. The fraction of sp³-hybridized carbons (Fsp3) is 0.250. The van der Waals surface area contributed by atoms with Crippen LogP contribution in [-0.2, 0) is 10.5 Å². The molecule has 0 saturated heterocycles. The van der Waals surface area contributed by atoms with Crippen molar-refractivity contribution in [1.29, 1.82) is 0 Å². The summed E-state index contributed by atoms with van der Waals surface area (Å²) in [6.07, 6.45) is 0. The molecule has 2 aromatic rings. The van der Waals surface area contributed by atoms with E-state index in [4.69, 9.17) is 5.73 Å². The van der Waals surface area contributed by atoms with Crippen molar-refractivity contribution in [3.63, 3.8) is 0 Å². The molecule has 0 radical (unpaired) electrons. The molecule has 0 aliphatic rings. The summed E-state index contributed by atoms with van der Waals surface area (Å²) in [7, 11) is 0. The van der Waals surface area contributed by atoms with Crippen LogP contribution in [0.25, 0.3) is 0 Å². The number of amides is 1. The van der Waals surface area contributed by atoms with Gasteiger partial charge >= 0.3 is 0 Å². The van der Waals surface area contributed by atoms with E-state index in [0.29, 0.717) is 5.13 Å². The van der Waals surface area contributed by atoms with Crippen molar-refractivity contribution in [1.82, 2.24) is 10.2 Å². The first-order valence-electron chi connectivity index (χ1n) is 5.72. The van der Waals surface area contributed by atoms with Crippen molar-refractivity contribution < 1.29 is 4.79 Å². The SMILES string of the molecule is C[C@H](N)C(=O)Nc1nnc(SCc2ccccc2)s1. The number of nitrogens with zero attached hydrogens (tertiary/aromatic N) is 2. The number of carbonyl (C=O) groups excluding carboxylic acids is 1. The second-order valence-corrected chi connectivity index (χ2v) is 6.13. The molecule has 0 unspecified atom stereocenters.